The fraction of sp³-hybridized carbons (Fsp3) is 0.600. The molecule has 0 spiro atoms. The van der Waals surface area contributed by atoms with E-state index in [1.165, 1.54) is 26.2 Å². The summed E-state index contributed by atoms with van der Waals surface area (Å²) >= 11 is 0. The Kier molecular flexibility index (Phi) is 7.94. The second kappa shape index (κ2) is 10.7. The molecule has 18 heteroatoms. The molecule has 0 saturated carbocycles. The Bertz CT molecular complexity index is 1450. The molecule has 2 aromatic rings. The maximum atomic E-state index is 12.5. The molecule has 208 valence electrons. The van der Waals surface area contributed by atoms with Crippen LogP contribution in [0.1, 0.15) is 36.4 Å². The van der Waals surface area contributed by atoms with E-state index in [1.54, 1.807) is 0 Å². The minimum atomic E-state index is -3.33. The number of aliphatic hydroxyl groups excluding tert-OH is 3. The lowest BCUT2D eigenvalue weighted by Gasteiger charge is -2.21. The third kappa shape index (κ3) is 5.47. The predicted molar refractivity (Wildman–Crippen MR) is 123 cm³/mol. The van der Waals surface area contributed by atoms with Crippen molar-refractivity contribution in [3.8, 4) is 0 Å². The van der Waals surface area contributed by atoms with E-state index in [2.05, 4.69) is 9.97 Å². The van der Waals surface area contributed by atoms with Gasteiger partial charge >= 0.3 is 19.6 Å². The molecule has 4 rings (SSSR count). The van der Waals surface area contributed by atoms with Crippen molar-refractivity contribution in [2.75, 3.05) is 6.61 Å². The van der Waals surface area contributed by atoms with Gasteiger partial charge in [0.2, 0.25) is 6.29 Å². The van der Waals surface area contributed by atoms with E-state index < -0.39 is 86.6 Å². The molecule has 17 nitrogen and oxygen atoms in total. The number of rotatable bonds is 8. The highest BCUT2D eigenvalue weighted by Crippen LogP contribution is 2.44. The van der Waals surface area contributed by atoms with Gasteiger partial charge in [-0.1, -0.05) is 9.05 Å². The quantitative estimate of drug-likeness (QED) is 0.142. The molecule has 0 bridgehead atoms. The Morgan fingerprint density at radius 3 is 2.18 bits per heavy atom. The first kappa shape index (κ1) is 28.2. The van der Waals surface area contributed by atoms with Gasteiger partial charge in [-0.3, -0.25) is 28.7 Å². The summed E-state index contributed by atoms with van der Waals surface area (Å²) in [6, 6.07) is 0. The van der Waals surface area contributed by atoms with Crippen molar-refractivity contribution >= 4 is 8.25 Å². The number of H-pyrrole nitrogens is 2. The smallest absolute Gasteiger partial charge is 0.393 e. The molecule has 0 amide bonds. The van der Waals surface area contributed by atoms with E-state index >= 15 is 0 Å². The fourth-order valence-electron chi connectivity index (χ4n) is 4.17. The number of nitrogens with zero attached hydrogens (tertiary/aromatic N) is 2. The number of aromatic amines is 2. The standard InChI is InChI=1S/C20H25N4O13P/c1-8-5-23(18(30)21-15(8)27)12-3-10(26)14(35-12)17(29)36-38(33)37-20(32)4-13(34-11(20)7-25)24-6-9(2)16(28)22-19(24)31/h5-6,10-14,17,25-26,29,32H,3-4,7H2,1-2H3,(H-,21,22,27,28,30,31)/p+1/t10-,11+,12+,13+,14-,17?,20-/m0/s1. The number of nitrogens with one attached hydrogen (secondary N) is 2. The van der Waals surface area contributed by atoms with E-state index in [0.717, 1.165) is 9.13 Å². The van der Waals surface area contributed by atoms with Crippen molar-refractivity contribution in [1.29, 1.82) is 0 Å². The van der Waals surface area contributed by atoms with Crippen molar-refractivity contribution in [3.63, 3.8) is 0 Å². The Balaban J connectivity index is 1.43. The van der Waals surface area contributed by atoms with Crippen LogP contribution in [0.3, 0.4) is 0 Å². The van der Waals surface area contributed by atoms with E-state index in [-0.39, 0.29) is 17.5 Å². The highest BCUT2D eigenvalue weighted by molar-refractivity contribution is 7.33. The average molecular weight is 561 g/mol. The molecule has 38 heavy (non-hydrogen) atoms. The summed E-state index contributed by atoms with van der Waals surface area (Å²) in [7, 11) is -3.33. The van der Waals surface area contributed by atoms with Crippen molar-refractivity contribution < 1.29 is 43.5 Å². The van der Waals surface area contributed by atoms with Crippen LogP contribution in [0.5, 0.6) is 0 Å². The summed E-state index contributed by atoms with van der Waals surface area (Å²) in [6.45, 7) is 2.06. The third-order valence-electron chi connectivity index (χ3n) is 6.21. The van der Waals surface area contributed by atoms with Crippen LogP contribution in [-0.4, -0.2) is 76.5 Å². The molecule has 2 aliphatic heterocycles. The first-order valence-corrected chi connectivity index (χ1v) is 12.4. The number of ether oxygens (including phenoxy) is 2. The zero-order valence-electron chi connectivity index (χ0n) is 20.0. The van der Waals surface area contributed by atoms with Crippen molar-refractivity contribution in [3.05, 3.63) is 65.2 Å². The summed E-state index contributed by atoms with van der Waals surface area (Å²) in [5.74, 6) is -2.45. The second-order valence-electron chi connectivity index (χ2n) is 8.94. The van der Waals surface area contributed by atoms with Gasteiger partial charge in [0, 0.05) is 34.5 Å². The van der Waals surface area contributed by atoms with Gasteiger partial charge in [0.25, 0.3) is 16.9 Å². The molecule has 2 fully saturated rings. The van der Waals surface area contributed by atoms with Crippen molar-refractivity contribution in [1.82, 2.24) is 19.1 Å². The molecule has 0 radical (unpaired) electrons. The number of aryl methyl sites for hydroxylation is 2. The van der Waals surface area contributed by atoms with Gasteiger partial charge in [-0.05, 0) is 13.8 Å². The first-order valence-electron chi connectivity index (χ1n) is 11.3. The minimum Gasteiger partial charge on any atom is -0.393 e. The maximum Gasteiger partial charge on any atom is 0.703 e. The van der Waals surface area contributed by atoms with Crippen LogP contribution in [0.15, 0.2) is 31.6 Å². The summed E-state index contributed by atoms with van der Waals surface area (Å²) in [5.41, 5.74) is -2.54. The molecule has 0 aromatic carbocycles. The molecule has 2 saturated heterocycles. The Morgan fingerprint density at radius 2 is 1.63 bits per heavy atom. The molecular formula is C20H26N4O13P+. The average Bonchev–Trinajstić information content (AvgIpc) is 3.37. The van der Waals surface area contributed by atoms with Crippen LogP contribution < -0.4 is 22.5 Å². The van der Waals surface area contributed by atoms with Crippen LogP contribution in [0.25, 0.3) is 0 Å². The minimum absolute atomic E-state index is 0.162. The molecule has 4 heterocycles. The van der Waals surface area contributed by atoms with Crippen LogP contribution >= 0.6 is 8.25 Å². The lowest BCUT2D eigenvalue weighted by Crippen LogP contribution is -2.42. The Labute approximate surface area is 212 Å². The van der Waals surface area contributed by atoms with E-state index in [4.69, 9.17) is 18.5 Å². The van der Waals surface area contributed by atoms with Crippen LogP contribution in [0.4, 0.5) is 0 Å². The lowest BCUT2D eigenvalue weighted by molar-refractivity contribution is -0.198. The van der Waals surface area contributed by atoms with E-state index in [9.17, 15) is 44.2 Å². The Morgan fingerprint density at radius 1 is 1.08 bits per heavy atom. The lowest BCUT2D eigenvalue weighted by atomic mass is 10.1. The van der Waals surface area contributed by atoms with E-state index in [0.29, 0.717) is 0 Å². The van der Waals surface area contributed by atoms with Gasteiger partial charge in [-0.25, -0.2) is 9.59 Å². The number of hydrogen-bond acceptors (Lipinski definition) is 13. The van der Waals surface area contributed by atoms with Gasteiger partial charge in [0.1, 0.15) is 24.7 Å². The zero-order chi connectivity index (χ0) is 27.9. The van der Waals surface area contributed by atoms with E-state index in [1.807, 2.05) is 0 Å². The molecular weight excluding hydrogens is 535 g/mol. The highest BCUT2D eigenvalue weighted by atomic mass is 31.1. The summed E-state index contributed by atoms with van der Waals surface area (Å²) in [5, 5.41) is 41.2. The van der Waals surface area contributed by atoms with Gasteiger partial charge in [-0.2, -0.15) is 0 Å². The summed E-state index contributed by atoms with van der Waals surface area (Å²) in [6.07, 6.45) is -7.09. The Hall–Kier alpha value is -2.86. The van der Waals surface area contributed by atoms with Gasteiger partial charge in [0.05, 0.1) is 19.1 Å². The fourth-order valence-corrected chi connectivity index (χ4v) is 4.96. The molecule has 2 unspecified atom stereocenters. The van der Waals surface area contributed by atoms with Crippen molar-refractivity contribution in [2.24, 2.45) is 0 Å². The van der Waals surface area contributed by atoms with Crippen LogP contribution in [0.2, 0.25) is 0 Å². The largest absolute Gasteiger partial charge is 0.703 e. The highest BCUT2D eigenvalue weighted by Gasteiger charge is 2.57. The predicted octanol–water partition coefficient (Wildman–Crippen LogP) is -2.67. The topological polar surface area (TPSA) is 245 Å². The third-order valence-corrected chi connectivity index (χ3v) is 7.07. The van der Waals surface area contributed by atoms with Crippen LogP contribution in [0, 0.1) is 13.8 Å². The molecule has 0 aliphatic carbocycles. The summed E-state index contributed by atoms with van der Waals surface area (Å²) < 4.78 is 35.4. The second-order valence-corrected chi connectivity index (χ2v) is 9.78. The molecule has 2 aromatic heterocycles. The van der Waals surface area contributed by atoms with Gasteiger partial charge in [-0.15, -0.1) is 0 Å². The SMILES string of the molecule is Cc1cn([C@H]2C[C@H](O)[C@@H](C(O)O[P+](=O)O[C@@]3(O)C[C@H](n4cc(C)c(=O)[nH]c4=O)O[C@@H]3CO)O2)c(=O)[nH]c1=O. The number of aliphatic hydroxyl groups is 4. The van der Waals surface area contributed by atoms with Gasteiger partial charge in [0.15, 0.2) is 0 Å². The zero-order valence-corrected chi connectivity index (χ0v) is 20.9. The van der Waals surface area contributed by atoms with Gasteiger partial charge < -0.3 is 29.9 Å². The molecule has 2 aliphatic rings. The summed E-state index contributed by atoms with van der Waals surface area (Å²) in [4.78, 5) is 51.6. The molecule has 6 N–H and O–H groups in total. The molecule has 8 atom stereocenters. The number of hydrogen-bond donors (Lipinski definition) is 6. The monoisotopic (exact) mass is 561 g/mol. The van der Waals surface area contributed by atoms with Crippen LogP contribution in [-0.2, 0) is 23.1 Å². The van der Waals surface area contributed by atoms with Crippen molar-refractivity contribution in [2.45, 2.75) is 69.5 Å². The number of aromatic nitrogens is 4. The first-order chi connectivity index (χ1) is 17.8. The normalized spacial score (nSPS) is 30.5. The maximum absolute atomic E-state index is 12.5.